The van der Waals surface area contributed by atoms with Gasteiger partial charge in [-0.05, 0) is 12.0 Å². The predicted octanol–water partition coefficient (Wildman–Crippen LogP) is 1.52. The molecule has 2 fully saturated rings. The van der Waals surface area contributed by atoms with Gasteiger partial charge in [-0.1, -0.05) is 13.8 Å². The number of hydrogen-bond donors (Lipinski definition) is 1. The Balaban J connectivity index is 1.61. The zero-order valence-corrected chi connectivity index (χ0v) is 13.7. The second-order valence-electron chi connectivity index (χ2n) is 6.44. The molecule has 0 aliphatic carbocycles. The molecule has 2 aliphatic heterocycles. The van der Waals surface area contributed by atoms with Gasteiger partial charge in [-0.15, -0.1) is 0 Å². The average molecular weight is 320 g/mol. The number of aromatic nitrogens is 2. The molecule has 1 amide bonds. The highest BCUT2D eigenvalue weighted by Gasteiger charge is 2.41. The highest BCUT2D eigenvalue weighted by Crippen LogP contribution is 2.31. The van der Waals surface area contributed by atoms with Crippen LogP contribution in [0.1, 0.15) is 37.2 Å². The Labute approximate surface area is 136 Å². The van der Waals surface area contributed by atoms with Crippen LogP contribution in [0.2, 0.25) is 0 Å². The van der Waals surface area contributed by atoms with E-state index in [0.29, 0.717) is 56.7 Å². The first kappa shape index (κ1) is 16.1. The molecule has 3 rings (SSSR count). The van der Waals surface area contributed by atoms with Crippen molar-refractivity contribution in [2.24, 2.45) is 5.92 Å². The number of amides is 1. The summed E-state index contributed by atoms with van der Waals surface area (Å²) in [7, 11) is 0. The van der Waals surface area contributed by atoms with Crippen LogP contribution >= 0.6 is 0 Å². The molecule has 7 nitrogen and oxygen atoms in total. The van der Waals surface area contributed by atoms with Gasteiger partial charge in [0.05, 0.1) is 13.2 Å². The highest BCUT2D eigenvalue weighted by molar-refractivity contribution is 5.92. The van der Waals surface area contributed by atoms with Crippen LogP contribution in [-0.2, 0) is 9.47 Å². The maximum absolute atomic E-state index is 12.6. The Morgan fingerprint density at radius 1 is 1.35 bits per heavy atom. The molecule has 0 aromatic carbocycles. The molecule has 3 heterocycles. The molecule has 126 valence electrons. The van der Waals surface area contributed by atoms with Crippen molar-refractivity contribution in [1.29, 1.82) is 0 Å². The lowest BCUT2D eigenvalue weighted by atomic mass is 10.0. The number of nitrogens with one attached hydrogen (secondary N) is 1. The van der Waals surface area contributed by atoms with Crippen molar-refractivity contribution in [3.63, 3.8) is 0 Å². The maximum atomic E-state index is 12.6. The van der Waals surface area contributed by atoms with Crippen molar-refractivity contribution in [1.82, 2.24) is 14.9 Å². The maximum Gasteiger partial charge on any atom is 0.272 e. The van der Waals surface area contributed by atoms with Gasteiger partial charge in [0.2, 0.25) is 5.95 Å². The van der Waals surface area contributed by atoms with Crippen LogP contribution in [0.25, 0.3) is 0 Å². The van der Waals surface area contributed by atoms with E-state index in [0.717, 1.165) is 6.54 Å². The van der Waals surface area contributed by atoms with E-state index >= 15 is 0 Å². The van der Waals surface area contributed by atoms with Gasteiger partial charge < -0.3 is 19.7 Å². The number of nitrogens with zero attached hydrogens (tertiary/aromatic N) is 3. The first-order valence-corrected chi connectivity index (χ1v) is 8.22. The van der Waals surface area contributed by atoms with E-state index in [1.165, 1.54) is 0 Å². The van der Waals surface area contributed by atoms with Gasteiger partial charge in [0.25, 0.3) is 5.91 Å². The van der Waals surface area contributed by atoms with Crippen molar-refractivity contribution >= 4 is 11.9 Å². The summed E-state index contributed by atoms with van der Waals surface area (Å²) in [4.78, 5) is 22.9. The van der Waals surface area contributed by atoms with E-state index < -0.39 is 5.79 Å². The quantitative estimate of drug-likeness (QED) is 0.906. The molecule has 23 heavy (non-hydrogen) atoms. The normalized spacial score (nSPS) is 20.2. The molecular formula is C16H24N4O3. The van der Waals surface area contributed by atoms with Crippen molar-refractivity contribution in [3.05, 3.63) is 18.0 Å². The molecule has 2 aliphatic rings. The van der Waals surface area contributed by atoms with Crippen molar-refractivity contribution < 1.29 is 14.3 Å². The van der Waals surface area contributed by atoms with Gasteiger partial charge in [0, 0.05) is 38.7 Å². The largest absolute Gasteiger partial charge is 0.354 e. The van der Waals surface area contributed by atoms with Crippen LogP contribution < -0.4 is 5.32 Å². The molecule has 1 N–H and O–H groups in total. The lowest BCUT2D eigenvalue weighted by Crippen LogP contribution is -2.47. The molecule has 0 radical (unpaired) electrons. The number of piperidine rings is 1. The Kier molecular flexibility index (Phi) is 4.77. The fourth-order valence-electron chi connectivity index (χ4n) is 2.86. The molecule has 0 atom stereocenters. The van der Waals surface area contributed by atoms with Gasteiger partial charge in [-0.2, -0.15) is 0 Å². The van der Waals surface area contributed by atoms with E-state index in [2.05, 4.69) is 29.1 Å². The second kappa shape index (κ2) is 6.80. The number of carbonyl (C=O) groups excluding carboxylic acids is 1. The monoisotopic (exact) mass is 320 g/mol. The number of carbonyl (C=O) groups is 1. The molecule has 0 unspecified atom stereocenters. The SMILES string of the molecule is CC(C)CNc1nccc(C(=O)N2CCC3(CC2)OCCO3)n1. The summed E-state index contributed by atoms with van der Waals surface area (Å²) in [6.45, 7) is 7.53. The average Bonchev–Trinajstić information content (AvgIpc) is 3.01. The lowest BCUT2D eigenvalue weighted by molar-refractivity contribution is -0.181. The van der Waals surface area contributed by atoms with Crippen molar-refractivity contribution in [2.45, 2.75) is 32.5 Å². The molecule has 1 spiro atoms. The van der Waals surface area contributed by atoms with E-state index in [9.17, 15) is 4.79 Å². The highest BCUT2D eigenvalue weighted by atomic mass is 16.7. The van der Waals surface area contributed by atoms with Crippen LogP contribution in [0, 0.1) is 5.92 Å². The Hall–Kier alpha value is -1.73. The first-order valence-electron chi connectivity index (χ1n) is 8.22. The summed E-state index contributed by atoms with van der Waals surface area (Å²) in [6.07, 6.45) is 3.04. The minimum Gasteiger partial charge on any atom is -0.354 e. The summed E-state index contributed by atoms with van der Waals surface area (Å²) in [6, 6.07) is 1.66. The predicted molar refractivity (Wildman–Crippen MR) is 85.1 cm³/mol. The zero-order valence-electron chi connectivity index (χ0n) is 13.7. The molecule has 0 saturated carbocycles. The molecule has 0 bridgehead atoms. The summed E-state index contributed by atoms with van der Waals surface area (Å²) in [5.74, 6) is 0.461. The van der Waals surface area contributed by atoms with Gasteiger partial charge in [-0.3, -0.25) is 4.79 Å². The van der Waals surface area contributed by atoms with E-state index in [4.69, 9.17) is 9.47 Å². The minimum atomic E-state index is -0.466. The molecule has 1 aromatic heterocycles. The smallest absolute Gasteiger partial charge is 0.272 e. The Morgan fingerprint density at radius 3 is 2.70 bits per heavy atom. The van der Waals surface area contributed by atoms with Crippen LogP contribution in [0.15, 0.2) is 12.3 Å². The lowest BCUT2D eigenvalue weighted by Gasteiger charge is -2.37. The van der Waals surface area contributed by atoms with E-state index in [1.54, 1.807) is 12.3 Å². The number of rotatable bonds is 4. The summed E-state index contributed by atoms with van der Waals surface area (Å²) < 4.78 is 11.4. The van der Waals surface area contributed by atoms with E-state index in [-0.39, 0.29) is 5.91 Å². The van der Waals surface area contributed by atoms with Crippen LogP contribution in [0.5, 0.6) is 0 Å². The van der Waals surface area contributed by atoms with Gasteiger partial charge in [0.15, 0.2) is 5.79 Å². The molecule has 1 aromatic rings. The van der Waals surface area contributed by atoms with Crippen LogP contribution in [0.4, 0.5) is 5.95 Å². The zero-order chi connectivity index (χ0) is 16.3. The number of anilines is 1. The van der Waals surface area contributed by atoms with Gasteiger partial charge in [0.1, 0.15) is 5.69 Å². The third kappa shape index (κ3) is 3.79. The minimum absolute atomic E-state index is 0.0622. The summed E-state index contributed by atoms with van der Waals surface area (Å²) >= 11 is 0. The van der Waals surface area contributed by atoms with Crippen LogP contribution in [0.3, 0.4) is 0 Å². The second-order valence-corrected chi connectivity index (χ2v) is 6.44. The summed E-state index contributed by atoms with van der Waals surface area (Å²) in [5.41, 5.74) is 0.426. The molecule has 2 saturated heterocycles. The number of likely N-dealkylation sites (tertiary alicyclic amines) is 1. The third-order valence-corrected chi connectivity index (χ3v) is 4.17. The van der Waals surface area contributed by atoms with Gasteiger partial charge in [-0.25, -0.2) is 9.97 Å². The van der Waals surface area contributed by atoms with Crippen LogP contribution in [-0.4, -0.2) is 59.4 Å². The molecule has 7 heteroatoms. The summed E-state index contributed by atoms with van der Waals surface area (Å²) in [5, 5.41) is 3.15. The first-order chi connectivity index (χ1) is 11.1. The number of hydrogen-bond acceptors (Lipinski definition) is 6. The topological polar surface area (TPSA) is 76.6 Å². The fourth-order valence-corrected chi connectivity index (χ4v) is 2.86. The molecular weight excluding hydrogens is 296 g/mol. The van der Waals surface area contributed by atoms with E-state index in [1.807, 2.05) is 4.90 Å². The van der Waals surface area contributed by atoms with Crippen molar-refractivity contribution in [3.8, 4) is 0 Å². The number of ether oxygens (including phenoxy) is 2. The third-order valence-electron chi connectivity index (χ3n) is 4.17. The van der Waals surface area contributed by atoms with Crippen molar-refractivity contribution in [2.75, 3.05) is 38.2 Å². The fraction of sp³-hybridized carbons (Fsp3) is 0.688. The Morgan fingerprint density at radius 2 is 2.04 bits per heavy atom. The Bertz CT molecular complexity index is 548. The standard InChI is InChI=1S/C16H24N4O3/c1-12(2)11-18-15-17-6-3-13(19-15)14(21)20-7-4-16(5-8-20)22-9-10-23-16/h3,6,12H,4-5,7-11H2,1-2H3,(H,17,18,19). The van der Waals surface area contributed by atoms with Gasteiger partial charge >= 0.3 is 0 Å².